The number of rotatable bonds is 6. The number of alkyl halides is 1. The van der Waals surface area contributed by atoms with Crippen molar-refractivity contribution in [3.8, 4) is 5.75 Å². The van der Waals surface area contributed by atoms with Gasteiger partial charge in [-0.25, -0.2) is 0 Å². The fraction of sp³-hybridized carbons (Fsp3) is 0.455. The van der Waals surface area contributed by atoms with Gasteiger partial charge in [0.2, 0.25) is 0 Å². The van der Waals surface area contributed by atoms with Crippen LogP contribution in [0.5, 0.6) is 5.75 Å². The number of ether oxygens (including phenoxy) is 1. The van der Waals surface area contributed by atoms with Crippen molar-refractivity contribution in [2.24, 2.45) is 0 Å². The molecule has 0 saturated heterocycles. The van der Waals surface area contributed by atoms with Crippen LogP contribution in [-0.2, 0) is 6.54 Å². The topological polar surface area (TPSA) is 21.3 Å². The van der Waals surface area contributed by atoms with Crippen LogP contribution in [0.25, 0.3) is 0 Å². The summed E-state index contributed by atoms with van der Waals surface area (Å²) in [5.41, 5.74) is 0.990. The Morgan fingerprint density at radius 2 is 2.27 bits per heavy atom. The highest BCUT2D eigenvalue weighted by Crippen LogP contribution is 2.22. The monoisotopic (exact) mass is 231 g/mol. The largest absolute Gasteiger partial charge is 0.493 e. The van der Waals surface area contributed by atoms with E-state index in [1.54, 1.807) is 6.07 Å². The van der Waals surface area contributed by atoms with Crippen LogP contribution in [0.1, 0.15) is 12.0 Å². The van der Waals surface area contributed by atoms with Gasteiger partial charge >= 0.3 is 0 Å². The molecule has 0 aliphatic carbocycles. The average molecular weight is 232 g/mol. The van der Waals surface area contributed by atoms with Crippen LogP contribution >= 0.6 is 11.6 Å². The zero-order chi connectivity index (χ0) is 11.1. The van der Waals surface area contributed by atoms with Crippen molar-refractivity contribution >= 4 is 11.6 Å². The molecule has 0 fully saturated rings. The molecule has 0 aliphatic heterocycles. The summed E-state index contributed by atoms with van der Waals surface area (Å²) in [5.74, 6) is 0.766. The first-order valence-corrected chi connectivity index (χ1v) is 5.27. The van der Waals surface area contributed by atoms with Crippen molar-refractivity contribution in [1.82, 2.24) is 5.32 Å². The molecule has 2 nitrogen and oxygen atoms in total. The van der Waals surface area contributed by atoms with E-state index in [-0.39, 0.29) is 6.67 Å². The number of hydrogen-bond acceptors (Lipinski definition) is 2. The quantitative estimate of drug-likeness (QED) is 0.761. The molecule has 1 aromatic carbocycles. The molecule has 1 N–H and O–H groups in total. The summed E-state index contributed by atoms with van der Waals surface area (Å²) in [6.45, 7) is 0.731. The van der Waals surface area contributed by atoms with Crippen LogP contribution in [0.2, 0.25) is 5.02 Å². The van der Waals surface area contributed by atoms with Gasteiger partial charge in [0.25, 0.3) is 0 Å². The highest BCUT2D eigenvalue weighted by Gasteiger charge is 2.03. The van der Waals surface area contributed by atoms with E-state index in [1.807, 2.05) is 19.2 Å². The molecular weight excluding hydrogens is 217 g/mol. The van der Waals surface area contributed by atoms with Crippen LogP contribution in [0.4, 0.5) is 4.39 Å². The Morgan fingerprint density at radius 1 is 1.47 bits per heavy atom. The normalized spacial score (nSPS) is 10.3. The molecule has 0 heterocycles. The number of benzene rings is 1. The number of hydrogen-bond donors (Lipinski definition) is 1. The zero-order valence-corrected chi connectivity index (χ0v) is 9.48. The molecule has 0 aliphatic rings. The second kappa shape index (κ2) is 6.64. The molecule has 4 heteroatoms. The summed E-state index contributed by atoms with van der Waals surface area (Å²) in [7, 11) is 1.85. The Kier molecular flexibility index (Phi) is 5.43. The summed E-state index contributed by atoms with van der Waals surface area (Å²) in [6.07, 6.45) is 0.418. The SMILES string of the molecule is CNCc1cc(Cl)ccc1OCCCF. The maximum absolute atomic E-state index is 11.9. The van der Waals surface area contributed by atoms with E-state index in [0.717, 1.165) is 11.3 Å². The van der Waals surface area contributed by atoms with Gasteiger partial charge in [-0.3, -0.25) is 4.39 Å². The van der Waals surface area contributed by atoms with Crippen LogP contribution < -0.4 is 10.1 Å². The highest BCUT2D eigenvalue weighted by atomic mass is 35.5. The van der Waals surface area contributed by atoms with Gasteiger partial charge in [-0.05, 0) is 25.2 Å². The summed E-state index contributed by atoms with van der Waals surface area (Å²) in [5, 5.41) is 3.71. The van der Waals surface area contributed by atoms with Crippen LogP contribution in [0.15, 0.2) is 18.2 Å². The van der Waals surface area contributed by atoms with Gasteiger partial charge < -0.3 is 10.1 Å². The smallest absolute Gasteiger partial charge is 0.123 e. The van der Waals surface area contributed by atoms with E-state index in [4.69, 9.17) is 16.3 Å². The third kappa shape index (κ3) is 4.06. The fourth-order valence-electron chi connectivity index (χ4n) is 1.25. The van der Waals surface area contributed by atoms with Gasteiger partial charge in [-0.1, -0.05) is 11.6 Å². The van der Waals surface area contributed by atoms with Crippen molar-refractivity contribution in [2.45, 2.75) is 13.0 Å². The average Bonchev–Trinajstić information content (AvgIpc) is 2.22. The van der Waals surface area contributed by atoms with Crippen molar-refractivity contribution in [1.29, 1.82) is 0 Å². The van der Waals surface area contributed by atoms with Crippen molar-refractivity contribution in [3.05, 3.63) is 28.8 Å². The summed E-state index contributed by atoms with van der Waals surface area (Å²) in [4.78, 5) is 0. The van der Waals surface area contributed by atoms with Crippen LogP contribution in [-0.4, -0.2) is 20.3 Å². The van der Waals surface area contributed by atoms with E-state index in [2.05, 4.69) is 5.32 Å². The van der Waals surface area contributed by atoms with Crippen molar-refractivity contribution in [3.63, 3.8) is 0 Å². The predicted octanol–water partition coefficient (Wildman–Crippen LogP) is 2.80. The van der Waals surface area contributed by atoms with Gasteiger partial charge in [0, 0.05) is 23.6 Å². The molecule has 15 heavy (non-hydrogen) atoms. The molecule has 0 spiro atoms. The Bertz CT molecular complexity index is 307. The summed E-state index contributed by atoms with van der Waals surface area (Å²) < 4.78 is 17.3. The Morgan fingerprint density at radius 3 is 2.93 bits per heavy atom. The molecule has 0 unspecified atom stereocenters. The van der Waals surface area contributed by atoms with Gasteiger partial charge in [-0.2, -0.15) is 0 Å². The number of halogens is 2. The molecule has 1 rings (SSSR count). The maximum atomic E-state index is 11.9. The van der Waals surface area contributed by atoms with Gasteiger partial charge in [0.15, 0.2) is 0 Å². The molecule has 0 saturated carbocycles. The lowest BCUT2D eigenvalue weighted by atomic mass is 10.2. The molecule has 1 aromatic rings. The van der Waals surface area contributed by atoms with E-state index in [0.29, 0.717) is 24.6 Å². The second-order valence-corrected chi connectivity index (χ2v) is 3.61. The number of nitrogens with one attached hydrogen (secondary N) is 1. The first-order chi connectivity index (χ1) is 7.27. The third-order valence-electron chi connectivity index (χ3n) is 1.93. The van der Waals surface area contributed by atoms with Gasteiger partial charge in [0.1, 0.15) is 5.75 Å². The van der Waals surface area contributed by atoms with Crippen molar-refractivity contribution < 1.29 is 9.13 Å². The Hall–Kier alpha value is -0.800. The lowest BCUT2D eigenvalue weighted by Crippen LogP contribution is -2.08. The molecular formula is C11H15ClFNO. The zero-order valence-electron chi connectivity index (χ0n) is 8.72. The predicted molar refractivity (Wildman–Crippen MR) is 60.3 cm³/mol. The minimum absolute atomic E-state index is 0.352. The van der Waals surface area contributed by atoms with Crippen LogP contribution in [0.3, 0.4) is 0 Å². The highest BCUT2D eigenvalue weighted by molar-refractivity contribution is 6.30. The molecule has 84 valence electrons. The Balaban J connectivity index is 2.67. The van der Waals surface area contributed by atoms with Gasteiger partial charge in [0.05, 0.1) is 13.3 Å². The van der Waals surface area contributed by atoms with Crippen LogP contribution in [0, 0.1) is 0 Å². The van der Waals surface area contributed by atoms with E-state index in [9.17, 15) is 4.39 Å². The molecule has 0 atom stereocenters. The van der Waals surface area contributed by atoms with E-state index in [1.165, 1.54) is 0 Å². The maximum Gasteiger partial charge on any atom is 0.123 e. The standard InChI is InChI=1S/C11H15ClFNO/c1-14-8-9-7-10(12)3-4-11(9)15-6-2-5-13/h3-4,7,14H,2,5-6,8H2,1H3. The summed E-state index contributed by atoms with van der Waals surface area (Å²) >= 11 is 5.87. The van der Waals surface area contributed by atoms with Crippen molar-refractivity contribution in [2.75, 3.05) is 20.3 Å². The first-order valence-electron chi connectivity index (χ1n) is 4.89. The van der Waals surface area contributed by atoms with E-state index >= 15 is 0 Å². The molecule has 0 aromatic heterocycles. The lowest BCUT2D eigenvalue weighted by Gasteiger charge is -2.10. The van der Waals surface area contributed by atoms with E-state index < -0.39 is 0 Å². The first kappa shape index (κ1) is 12.3. The fourth-order valence-corrected chi connectivity index (χ4v) is 1.45. The Labute approximate surface area is 94.4 Å². The second-order valence-electron chi connectivity index (χ2n) is 3.17. The summed E-state index contributed by atoms with van der Waals surface area (Å²) in [6, 6.07) is 5.43. The minimum Gasteiger partial charge on any atom is -0.493 e. The molecule has 0 radical (unpaired) electrons. The van der Waals surface area contributed by atoms with Gasteiger partial charge in [-0.15, -0.1) is 0 Å². The molecule has 0 bridgehead atoms. The molecule has 0 amide bonds. The lowest BCUT2D eigenvalue weighted by molar-refractivity contribution is 0.287. The third-order valence-corrected chi connectivity index (χ3v) is 2.16. The minimum atomic E-state index is -0.352.